The van der Waals surface area contributed by atoms with Gasteiger partial charge in [0.05, 0.1) is 17.6 Å². The molecule has 0 N–H and O–H groups in total. The van der Waals surface area contributed by atoms with Gasteiger partial charge >= 0.3 is 0 Å². The Labute approximate surface area is 135 Å². The number of carboxylic acid groups (broad SMARTS) is 1. The first-order valence-corrected chi connectivity index (χ1v) is 7.10. The van der Waals surface area contributed by atoms with E-state index in [1.165, 1.54) is 19.2 Å². The van der Waals surface area contributed by atoms with Gasteiger partial charge in [-0.15, -0.1) is 0 Å². The van der Waals surface area contributed by atoms with Crippen LogP contribution in [0.3, 0.4) is 0 Å². The fourth-order valence-corrected chi connectivity index (χ4v) is 2.41. The molecule has 0 fully saturated rings. The van der Waals surface area contributed by atoms with Crippen LogP contribution in [0.1, 0.15) is 26.3 Å². The molecule has 6 heteroatoms. The Morgan fingerprint density at radius 3 is 2.50 bits per heavy atom. The van der Waals surface area contributed by atoms with E-state index in [0.717, 1.165) is 11.8 Å². The maximum absolute atomic E-state index is 10.8. The monoisotopic (exact) mass is 363 g/mol. The molecule has 5 nitrogen and oxygen atoms in total. The second kappa shape index (κ2) is 7.09. The van der Waals surface area contributed by atoms with Crippen molar-refractivity contribution < 1.29 is 24.2 Å². The van der Waals surface area contributed by atoms with Gasteiger partial charge in [-0.3, -0.25) is 4.79 Å². The standard InChI is InChI=1S/C16H13BrO5/c1-21-14-7-11(8-18)6-13(17)15(14)22-9-10-2-4-12(5-3-10)16(19)20/h2-8H,9H2,1H3,(H,19,20)/p-1. The van der Waals surface area contributed by atoms with Crippen molar-refractivity contribution in [2.24, 2.45) is 0 Å². The predicted molar refractivity (Wildman–Crippen MR) is 81.2 cm³/mol. The summed E-state index contributed by atoms with van der Waals surface area (Å²) in [5.74, 6) is -0.318. The van der Waals surface area contributed by atoms with E-state index in [1.54, 1.807) is 24.3 Å². The first-order chi connectivity index (χ1) is 10.5. The van der Waals surface area contributed by atoms with Gasteiger partial charge in [0, 0.05) is 5.56 Å². The summed E-state index contributed by atoms with van der Waals surface area (Å²) in [5.41, 5.74) is 1.37. The van der Waals surface area contributed by atoms with Crippen LogP contribution in [0.2, 0.25) is 0 Å². The van der Waals surface area contributed by atoms with E-state index in [2.05, 4.69) is 15.9 Å². The lowest BCUT2D eigenvalue weighted by atomic mass is 10.1. The molecule has 2 aromatic rings. The average Bonchev–Trinajstić information content (AvgIpc) is 2.53. The Kier molecular flexibility index (Phi) is 5.16. The number of carboxylic acids is 1. The van der Waals surface area contributed by atoms with Gasteiger partial charge in [0.2, 0.25) is 0 Å². The van der Waals surface area contributed by atoms with E-state index >= 15 is 0 Å². The number of aromatic carboxylic acids is 1. The van der Waals surface area contributed by atoms with Crippen molar-refractivity contribution in [1.82, 2.24) is 0 Å². The normalized spacial score (nSPS) is 10.1. The quantitative estimate of drug-likeness (QED) is 0.735. The molecule has 0 saturated heterocycles. The summed E-state index contributed by atoms with van der Waals surface area (Å²) in [6.07, 6.45) is 0.718. The van der Waals surface area contributed by atoms with Crippen LogP contribution in [-0.4, -0.2) is 19.4 Å². The van der Waals surface area contributed by atoms with Gasteiger partial charge in [0.15, 0.2) is 11.5 Å². The van der Waals surface area contributed by atoms with E-state index in [9.17, 15) is 14.7 Å². The summed E-state index contributed by atoms with van der Waals surface area (Å²) in [7, 11) is 1.48. The Morgan fingerprint density at radius 2 is 1.95 bits per heavy atom. The maximum Gasteiger partial charge on any atom is 0.175 e. The molecule has 0 aromatic heterocycles. The molecule has 22 heavy (non-hydrogen) atoms. The first kappa shape index (κ1) is 16.0. The summed E-state index contributed by atoms with van der Waals surface area (Å²) >= 11 is 3.33. The van der Waals surface area contributed by atoms with Crippen LogP contribution >= 0.6 is 15.9 Å². The summed E-state index contributed by atoms with van der Waals surface area (Å²) in [6, 6.07) is 9.40. The molecule has 0 atom stereocenters. The minimum atomic E-state index is -1.22. The number of halogens is 1. The molecule has 0 aliphatic carbocycles. The number of carbonyl (C=O) groups is 2. The van der Waals surface area contributed by atoms with Crippen LogP contribution in [0.5, 0.6) is 11.5 Å². The van der Waals surface area contributed by atoms with Gasteiger partial charge in [0.25, 0.3) is 0 Å². The molecular weight excluding hydrogens is 352 g/mol. The second-order valence-corrected chi connectivity index (χ2v) is 5.28. The number of hydrogen-bond acceptors (Lipinski definition) is 5. The molecule has 0 aliphatic rings. The van der Waals surface area contributed by atoms with E-state index in [1.807, 2.05) is 0 Å². The number of hydrogen-bond donors (Lipinski definition) is 0. The molecule has 2 aromatic carbocycles. The minimum Gasteiger partial charge on any atom is -0.545 e. The van der Waals surface area contributed by atoms with Gasteiger partial charge in [0.1, 0.15) is 12.9 Å². The molecular formula is C16H12BrO5-. The SMILES string of the molecule is COc1cc(C=O)cc(Br)c1OCc1ccc(C(=O)[O-])cc1. The Morgan fingerprint density at radius 1 is 1.27 bits per heavy atom. The lowest BCUT2D eigenvalue weighted by molar-refractivity contribution is -0.255. The third-order valence-electron chi connectivity index (χ3n) is 2.96. The number of rotatable bonds is 6. The van der Waals surface area contributed by atoms with Crippen LogP contribution in [-0.2, 0) is 6.61 Å². The predicted octanol–water partition coefficient (Wildman–Crippen LogP) is 2.21. The van der Waals surface area contributed by atoms with Crippen LogP contribution in [0, 0.1) is 0 Å². The van der Waals surface area contributed by atoms with Gasteiger partial charge in [-0.05, 0) is 39.2 Å². The Hall–Kier alpha value is -2.34. The van der Waals surface area contributed by atoms with Crippen molar-refractivity contribution in [3.05, 3.63) is 57.6 Å². The topological polar surface area (TPSA) is 75.7 Å². The third kappa shape index (κ3) is 3.65. The summed E-state index contributed by atoms with van der Waals surface area (Å²) < 4.78 is 11.5. The lowest BCUT2D eigenvalue weighted by Crippen LogP contribution is -2.22. The van der Waals surface area contributed by atoms with Crippen LogP contribution in [0.25, 0.3) is 0 Å². The van der Waals surface area contributed by atoms with Crippen molar-refractivity contribution in [2.75, 3.05) is 7.11 Å². The van der Waals surface area contributed by atoms with Crippen molar-refractivity contribution in [3.8, 4) is 11.5 Å². The molecule has 0 heterocycles. The average molecular weight is 364 g/mol. The largest absolute Gasteiger partial charge is 0.545 e. The summed E-state index contributed by atoms with van der Waals surface area (Å²) in [5, 5.41) is 10.7. The number of ether oxygens (including phenoxy) is 2. The number of methoxy groups -OCH3 is 1. The third-order valence-corrected chi connectivity index (χ3v) is 3.55. The van der Waals surface area contributed by atoms with Gasteiger partial charge < -0.3 is 19.4 Å². The fourth-order valence-electron chi connectivity index (χ4n) is 1.84. The zero-order chi connectivity index (χ0) is 16.1. The smallest absolute Gasteiger partial charge is 0.175 e. The lowest BCUT2D eigenvalue weighted by Gasteiger charge is -2.13. The second-order valence-electron chi connectivity index (χ2n) is 4.43. The highest BCUT2D eigenvalue weighted by atomic mass is 79.9. The molecule has 0 spiro atoms. The fraction of sp³-hybridized carbons (Fsp3) is 0.125. The van der Waals surface area contributed by atoms with Crippen molar-refractivity contribution >= 4 is 28.2 Å². The summed E-state index contributed by atoms with van der Waals surface area (Å²) in [6.45, 7) is 0.225. The molecule has 0 aliphatic heterocycles. The van der Waals surface area contributed by atoms with Crippen LogP contribution in [0.4, 0.5) is 0 Å². The molecule has 0 saturated carbocycles. The van der Waals surface area contributed by atoms with Crippen molar-refractivity contribution in [1.29, 1.82) is 0 Å². The van der Waals surface area contributed by atoms with E-state index < -0.39 is 5.97 Å². The minimum absolute atomic E-state index is 0.109. The molecule has 2 rings (SSSR count). The highest BCUT2D eigenvalue weighted by Gasteiger charge is 2.11. The molecule has 114 valence electrons. The van der Waals surface area contributed by atoms with Crippen molar-refractivity contribution in [3.63, 3.8) is 0 Å². The molecule has 0 bridgehead atoms. The van der Waals surface area contributed by atoms with E-state index in [0.29, 0.717) is 21.5 Å². The van der Waals surface area contributed by atoms with Gasteiger partial charge in [-0.25, -0.2) is 0 Å². The van der Waals surface area contributed by atoms with Gasteiger partial charge in [-0.2, -0.15) is 0 Å². The Bertz CT molecular complexity index is 694. The zero-order valence-electron chi connectivity index (χ0n) is 11.7. The van der Waals surface area contributed by atoms with Gasteiger partial charge in [-0.1, -0.05) is 24.3 Å². The van der Waals surface area contributed by atoms with E-state index in [4.69, 9.17) is 9.47 Å². The summed E-state index contributed by atoms with van der Waals surface area (Å²) in [4.78, 5) is 21.5. The molecule has 0 unspecified atom stereocenters. The number of aldehydes is 1. The highest BCUT2D eigenvalue weighted by molar-refractivity contribution is 9.10. The van der Waals surface area contributed by atoms with Crippen LogP contribution < -0.4 is 14.6 Å². The molecule has 0 amide bonds. The van der Waals surface area contributed by atoms with Crippen molar-refractivity contribution in [2.45, 2.75) is 6.61 Å². The first-order valence-electron chi connectivity index (χ1n) is 6.31. The zero-order valence-corrected chi connectivity index (χ0v) is 13.3. The highest BCUT2D eigenvalue weighted by Crippen LogP contribution is 2.36. The van der Waals surface area contributed by atoms with E-state index in [-0.39, 0.29) is 12.2 Å². The number of carbonyl (C=O) groups excluding carboxylic acids is 2. The Balaban J connectivity index is 2.17. The number of benzene rings is 2. The molecule has 0 radical (unpaired) electrons. The van der Waals surface area contributed by atoms with Crippen LogP contribution in [0.15, 0.2) is 40.9 Å². The maximum atomic E-state index is 10.8.